The minimum atomic E-state index is -0.0660. The largest absolute Gasteiger partial charge is 0.352 e. The van der Waals surface area contributed by atoms with Crippen LogP contribution in [0.1, 0.15) is 43.7 Å². The number of hydrogen-bond acceptors (Lipinski definition) is 4. The average molecular weight is 328 g/mol. The fraction of sp³-hybridized carbons (Fsp3) is 0.632. The van der Waals surface area contributed by atoms with Crippen molar-refractivity contribution in [2.75, 3.05) is 6.54 Å². The molecule has 2 saturated carbocycles. The molecule has 4 atom stereocenters. The fourth-order valence-corrected chi connectivity index (χ4v) is 5.01. The van der Waals surface area contributed by atoms with E-state index in [2.05, 4.69) is 28.3 Å². The van der Waals surface area contributed by atoms with Crippen LogP contribution in [0, 0.1) is 17.8 Å². The standard InChI is InChI=1S/C19H28N4O/c20-15-9-13-7-4-8-14(10-15)17(13)22-19(24)16-11-21-23-18(16)12-5-2-1-3-6-12/h1-3,5-6,13-18,21,23H,4,7-11,20H2,(H,22,24). The second-order valence-electron chi connectivity index (χ2n) is 7.74. The summed E-state index contributed by atoms with van der Waals surface area (Å²) in [5.74, 6) is 1.24. The van der Waals surface area contributed by atoms with Gasteiger partial charge in [-0.25, -0.2) is 5.43 Å². The van der Waals surface area contributed by atoms with Crippen molar-refractivity contribution >= 4 is 5.91 Å². The van der Waals surface area contributed by atoms with Crippen LogP contribution in [-0.4, -0.2) is 24.5 Å². The zero-order chi connectivity index (χ0) is 16.5. The molecule has 1 saturated heterocycles. The molecule has 5 heteroatoms. The van der Waals surface area contributed by atoms with Gasteiger partial charge >= 0.3 is 0 Å². The maximum absolute atomic E-state index is 13.0. The molecule has 1 aromatic rings. The van der Waals surface area contributed by atoms with E-state index in [1.807, 2.05) is 18.2 Å². The van der Waals surface area contributed by atoms with Gasteiger partial charge in [-0.3, -0.25) is 10.2 Å². The molecule has 4 unspecified atom stereocenters. The van der Waals surface area contributed by atoms with E-state index in [0.717, 1.165) is 18.4 Å². The number of amides is 1. The lowest BCUT2D eigenvalue weighted by molar-refractivity contribution is -0.127. The molecule has 3 aliphatic rings. The van der Waals surface area contributed by atoms with Crippen LogP contribution in [0.3, 0.4) is 0 Å². The Morgan fingerprint density at radius 1 is 1.12 bits per heavy atom. The third kappa shape index (κ3) is 3.08. The summed E-state index contributed by atoms with van der Waals surface area (Å²) in [6, 6.07) is 10.9. The van der Waals surface area contributed by atoms with Gasteiger partial charge in [0.25, 0.3) is 0 Å². The van der Waals surface area contributed by atoms with Gasteiger partial charge in [0.2, 0.25) is 5.91 Å². The Kier molecular flexibility index (Phi) is 4.57. The van der Waals surface area contributed by atoms with Crippen LogP contribution in [-0.2, 0) is 4.79 Å². The van der Waals surface area contributed by atoms with Gasteiger partial charge in [-0.1, -0.05) is 36.8 Å². The third-order valence-corrected chi connectivity index (χ3v) is 6.16. The quantitative estimate of drug-likeness (QED) is 0.678. The minimum absolute atomic E-state index is 0.0388. The highest BCUT2D eigenvalue weighted by Gasteiger charge is 2.42. The summed E-state index contributed by atoms with van der Waals surface area (Å²) >= 11 is 0. The first-order chi connectivity index (χ1) is 11.7. The summed E-state index contributed by atoms with van der Waals surface area (Å²) in [6.07, 6.45) is 5.82. The number of carbonyl (C=O) groups is 1. The lowest BCUT2D eigenvalue weighted by Gasteiger charge is -2.45. The number of fused-ring (bicyclic) bond motifs is 2. The number of carbonyl (C=O) groups excluding carboxylic acids is 1. The molecule has 1 aliphatic heterocycles. The molecule has 5 N–H and O–H groups in total. The molecular formula is C19H28N4O. The van der Waals surface area contributed by atoms with Gasteiger partial charge in [-0.2, -0.15) is 0 Å². The summed E-state index contributed by atoms with van der Waals surface area (Å²) < 4.78 is 0. The molecule has 0 aromatic heterocycles. The normalized spacial score (nSPS) is 38.7. The summed E-state index contributed by atoms with van der Waals surface area (Å²) in [4.78, 5) is 13.0. The molecule has 0 spiro atoms. The van der Waals surface area contributed by atoms with Crippen molar-refractivity contribution in [2.45, 2.75) is 50.2 Å². The molecule has 5 nitrogen and oxygen atoms in total. The molecule has 2 aliphatic carbocycles. The van der Waals surface area contributed by atoms with Crippen molar-refractivity contribution in [3.8, 4) is 0 Å². The first kappa shape index (κ1) is 16.1. The Balaban J connectivity index is 1.46. The van der Waals surface area contributed by atoms with Crippen LogP contribution in [0.15, 0.2) is 30.3 Å². The Labute approximate surface area is 143 Å². The number of nitrogens with one attached hydrogen (secondary N) is 3. The molecule has 1 aromatic carbocycles. The van der Waals surface area contributed by atoms with Crippen LogP contribution in [0.5, 0.6) is 0 Å². The zero-order valence-corrected chi connectivity index (χ0v) is 14.1. The van der Waals surface area contributed by atoms with E-state index in [-0.39, 0.29) is 17.9 Å². The van der Waals surface area contributed by atoms with E-state index in [1.54, 1.807) is 0 Å². The highest BCUT2D eigenvalue weighted by Crippen LogP contribution is 2.40. The van der Waals surface area contributed by atoms with E-state index in [1.165, 1.54) is 19.3 Å². The molecule has 3 fully saturated rings. The zero-order valence-electron chi connectivity index (χ0n) is 14.1. The Morgan fingerprint density at radius 2 is 1.83 bits per heavy atom. The first-order valence-electron chi connectivity index (χ1n) is 9.31. The van der Waals surface area contributed by atoms with Gasteiger partial charge in [0.1, 0.15) is 0 Å². The van der Waals surface area contributed by atoms with E-state index in [9.17, 15) is 4.79 Å². The highest BCUT2D eigenvalue weighted by molar-refractivity contribution is 5.80. The predicted molar refractivity (Wildman–Crippen MR) is 93.8 cm³/mol. The molecule has 0 radical (unpaired) electrons. The first-order valence-corrected chi connectivity index (χ1v) is 9.31. The molecule has 2 bridgehead atoms. The number of hydrazine groups is 1. The monoisotopic (exact) mass is 328 g/mol. The summed E-state index contributed by atoms with van der Waals surface area (Å²) in [6.45, 7) is 0.674. The minimum Gasteiger partial charge on any atom is -0.352 e. The Hall–Kier alpha value is -1.43. The maximum Gasteiger partial charge on any atom is 0.226 e. The topological polar surface area (TPSA) is 79.2 Å². The lowest BCUT2D eigenvalue weighted by atomic mass is 9.67. The second kappa shape index (κ2) is 6.82. The van der Waals surface area contributed by atoms with Crippen molar-refractivity contribution in [2.24, 2.45) is 23.5 Å². The average Bonchev–Trinajstić information content (AvgIpc) is 3.06. The van der Waals surface area contributed by atoms with E-state index >= 15 is 0 Å². The Morgan fingerprint density at radius 3 is 2.54 bits per heavy atom. The van der Waals surface area contributed by atoms with E-state index in [4.69, 9.17) is 5.73 Å². The van der Waals surface area contributed by atoms with Crippen molar-refractivity contribution in [3.63, 3.8) is 0 Å². The Bertz CT molecular complexity index is 564. The third-order valence-electron chi connectivity index (χ3n) is 6.16. The van der Waals surface area contributed by atoms with E-state index in [0.29, 0.717) is 30.5 Å². The van der Waals surface area contributed by atoms with Crippen LogP contribution < -0.4 is 21.9 Å². The number of rotatable bonds is 3. The molecule has 4 rings (SSSR count). The smallest absolute Gasteiger partial charge is 0.226 e. The number of nitrogens with two attached hydrogens (primary N) is 1. The molecular weight excluding hydrogens is 300 g/mol. The molecule has 24 heavy (non-hydrogen) atoms. The van der Waals surface area contributed by atoms with Crippen LogP contribution in [0.25, 0.3) is 0 Å². The van der Waals surface area contributed by atoms with E-state index < -0.39 is 0 Å². The lowest BCUT2D eigenvalue weighted by Crippen LogP contribution is -2.55. The summed E-state index contributed by atoms with van der Waals surface area (Å²) in [5, 5.41) is 3.41. The van der Waals surface area contributed by atoms with Gasteiger partial charge in [0.15, 0.2) is 0 Å². The van der Waals surface area contributed by atoms with Crippen LogP contribution >= 0.6 is 0 Å². The van der Waals surface area contributed by atoms with Gasteiger partial charge < -0.3 is 11.1 Å². The second-order valence-corrected chi connectivity index (χ2v) is 7.74. The predicted octanol–water partition coefficient (Wildman–Crippen LogP) is 1.47. The van der Waals surface area contributed by atoms with Crippen LogP contribution in [0.2, 0.25) is 0 Å². The SMILES string of the molecule is NC1CC2CCCC(C1)C2NC(=O)C1CNNC1c1ccccc1. The molecule has 1 amide bonds. The van der Waals surface area contributed by atoms with Gasteiger partial charge in [0, 0.05) is 18.6 Å². The van der Waals surface area contributed by atoms with Gasteiger partial charge in [0.05, 0.1) is 12.0 Å². The highest BCUT2D eigenvalue weighted by atomic mass is 16.2. The number of hydrogen-bond donors (Lipinski definition) is 4. The molecule has 1 heterocycles. The summed E-state index contributed by atoms with van der Waals surface area (Å²) in [7, 11) is 0. The van der Waals surface area contributed by atoms with Crippen molar-refractivity contribution in [1.29, 1.82) is 0 Å². The van der Waals surface area contributed by atoms with Gasteiger partial charge in [-0.15, -0.1) is 0 Å². The fourth-order valence-electron chi connectivity index (χ4n) is 5.01. The number of benzene rings is 1. The molecule has 130 valence electrons. The maximum atomic E-state index is 13.0. The van der Waals surface area contributed by atoms with Crippen molar-refractivity contribution in [1.82, 2.24) is 16.2 Å². The van der Waals surface area contributed by atoms with Crippen molar-refractivity contribution < 1.29 is 4.79 Å². The van der Waals surface area contributed by atoms with Crippen molar-refractivity contribution in [3.05, 3.63) is 35.9 Å². The van der Waals surface area contributed by atoms with Gasteiger partial charge in [-0.05, 0) is 43.1 Å². The summed E-state index contributed by atoms with van der Waals surface area (Å²) in [5.41, 5.74) is 13.8. The van der Waals surface area contributed by atoms with Crippen LogP contribution in [0.4, 0.5) is 0 Å².